The van der Waals surface area contributed by atoms with E-state index in [1.165, 1.54) is 6.26 Å². The Labute approximate surface area is 175 Å². The van der Waals surface area contributed by atoms with Crippen LogP contribution in [0.5, 0.6) is 0 Å². The van der Waals surface area contributed by atoms with Gasteiger partial charge in [-0.15, -0.1) is 5.37 Å². The number of nitrogens with zero attached hydrogens (tertiary/aromatic N) is 2. The molecular formula is C18H21B4ClN2O2S. The second-order valence-corrected chi connectivity index (χ2v) is 9.46. The van der Waals surface area contributed by atoms with Gasteiger partial charge in [-0.3, -0.25) is 9.97 Å². The van der Waals surface area contributed by atoms with Gasteiger partial charge in [-0.1, -0.05) is 29.1 Å². The van der Waals surface area contributed by atoms with Crippen LogP contribution in [0.15, 0.2) is 58.4 Å². The van der Waals surface area contributed by atoms with Crippen molar-refractivity contribution < 1.29 is 8.42 Å². The first-order valence-corrected chi connectivity index (χ1v) is 11.0. The maximum atomic E-state index is 12.3. The summed E-state index contributed by atoms with van der Waals surface area (Å²) in [7, 11) is 3.88. The number of aryl methyl sites for hydroxylation is 1. The second-order valence-electron chi connectivity index (χ2n) is 7.07. The van der Waals surface area contributed by atoms with E-state index in [9.17, 15) is 8.42 Å². The summed E-state index contributed by atoms with van der Waals surface area (Å²) >= 11 is 6.20. The Bertz CT molecular complexity index is 1110. The average Bonchev–Trinajstić information content (AvgIpc) is 2.59. The first-order valence-electron chi connectivity index (χ1n) is 8.77. The number of sulfone groups is 1. The lowest BCUT2D eigenvalue weighted by atomic mass is 9.69. The molecular weight excluding hydrogens is 387 g/mol. The van der Waals surface area contributed by atoms with Gasteiger partial charge in [0.25, 0.3) is 0 Å². The lowest BCUT2D eigenvalue weighted by molar-refractivity contribution is 0.608. The summed E-state index contributed by atoms with van der Waals surface area (Å²) in [4.78, 5) is 9.16. The molecule has 0 aliphatic rings. The Kier molecular flexibility index (Phi) is 6.84. The average molecular weight is 408 g/mol. The van der Waals surface area contributed by atoms with Gasteiger partial charge in [0.15, 0.2) is 9.84 Å². The highest BCUT2D eigenvalue weighted by atomic mass is 35.5. The van der Waals surface area contributed by atoms with Gasteiger partial charge in [-0.25, -0.2) is 8.42 Å². The Hall–Kier alpha value is -1.98. The minimum atomic E-state index is -3.37. The molecule has 0 aromatic carbocycles. The van der Waals surface area contributed by atoms with Crippen molar-refractivity contribution in [2.45, 2.75) is 6.92 Å². The van der Waals surface area contributed by atoms with Crippen molar-refractivity contribution in [1.29, 1.82) is 0 Å². The Morgan fingerprint density at radius 1 is 1.07 bits per heavy atom. The second kappa shape index (κ2) is 8.58. The van der Waals surface area contributed by atoms with Gasteiger partial charge in [0.1, 0.15) is 31.4 Å². The summed E-state index contributed by atoms with van der Waals surface area (Å²) in [6, 6.07) is 5.65. The summed E-state index contributed by atoms with van der Waals surface area (Å²) in [5, 5.41) is 1.22. The molecule has 0 bridgehead atoms. The summed E-state index contributed by atoms with van der Waals surface area (Å²) in [5.41, 5.74) is 5.31. The van der Waals surface area contributed by atoms with Gasteiger partial charge >= 0.3 is 0 Å². The normalized spacial score (nSPS) is 12.2. The van der Waals surface area contributed by atoms with Crippen molar-refractivity contribution >= 4 is 58.4 Å². The van der Waals surface area contributed by atoms with Crippen LogP contribution in [-0.2, 0) is 9.84 Å². The minimum Gasteiger partial charge on any atom is -0.261 e. The van der Waals surface area contributed by atoms with E-state index < -0.39 is 9.84 Å². The molecule has 140 valence electrons. The van der Waals surface area contributed by atoms with Crippen molar-refractivity contribution in [3.8, 4) is 11.3 Å². The Morgan fingerprint density at radius 3 is 2.21 bits per heavy atom. The molecule has 4 nitrogen and oxygen atoms in total. The highest BCUT2D eigenvalue weighted by molar-refractivity contribution is 7.95. The van der Waals surface area contributed by atoms with Crippen molar-refractivity contribution in [2.24, 2.45) is 0 Å². The van der Waals surface area contributed by atoms with Gasteiger partial charge in [0, 0.05) is 40.4 Å². The standard InChI is InChI=1S/C18H21B4ClN2O2S/c1-9-4-5-11(7-24-9)16-13(6-12(23)8-25-16)10(2)14(19)15(20)17(18(21)22)28(3,26)27/h4-8H,2,19-22H2,1,3H3/b15-14-. The quantitative estimate of drug-likeness (QED) is 0.520. The predicted molar refractivity (Wildman–Crippen MR) is 129 cm³/mol. The van der Waals surface area contributed by atoms with Gasteiger partial charge in [-0.05, 0) is 30.7 Å². The van der Waals surface area contributed by atoms with Crippen molar-refractivity contribution in [1.82, 2.24) is 9.97 Å². The van der Waals surface area contributed by atoms with Crippen molar-refractivity contribution in [2.75, 3.05) is 6.26 Å². The molecule has 0 N–H and O–H groups in total. The van der Waals surface area contributed by atoms with Crippen LogP contribution < -0.4 is 0 Å². The SMILES string of the molecule is BC(B)=C(/C(B)=C(/B)C(=C)c1cc(Cl)cnc1-c1ccc(C)nc1)S(C)(=O)=O. The monoisotopic (exact) mass is 408 g/mol. The molecule has 2 rings (SSSR count). The van der Waals surface area contributed by atoms with E-state index in [-0.39, 0.29) is 0 Å². The molecule has 0 amide bonds. The summed E-state index contributed by atoms with van der Waals surface area (Å²) in [5.74, 6) is 0. The van der Waals surface area contributed by atoms with Gasteiger partial charge in [0.2, 0.25) is 0 Å². The van der Waals surface area contributed by atoms with Crippen LogP contribution in [-0.4, -0.2) is 56.0 Å². The van der Waals surface area contributed by atoms with Crippen molar-refractivity contribution in [3.63, 3.8) is 0 Å². The van der Waals surface area contributed by atoms with E-state index in [0.29, 0.717) is 26.7 Å². The van der Waals surface area contributed by atoms with E-state index in [1.807, 2.05) is 26.9 Å². The van der Waals surface area contributed by atoms with Gasteiger partial charge < -0.3 is 0 Å². The number of hydrogen-bond acceptors (Lipinski definition) is 4. The van der Waals surface area contributed by atoms with Gasteiger partial charge in [-0.2, -0.15) is 0 Å². The molecule has 0 fully saturated rings. The van der Waals surface area contributed by atoms with Crippen LogP contribution in [0.2, 0.25) is 5.02 Å². The minimum absolute atomic E-state index is 0.333. The molecule has 0 aliphatic heterocycles. The lowest BCUT2D eigenvalue weighted by Gasteiger charge is -2.18. The van der Waals surface area contributed by atoms with E-state index in [2.05, 4.69) is 16.5 Å². The molecule has 0 spiro atoms. The molecule has 0 saturated heterocycles. The zero-order valence-electron chi connectivity index (χ0n) is 17.1. The fraction of sp³-hybridized carbons (Fsp3) is 0.111. The predicted octanol–water partition coefficient (Wildman–Crippen LogP) is 0.0763. The number of rotatable bonds is 5. The highest BCUT2D eigenvalue weighted by Crippen LogP contribution is 2.33. The van der Waals surface area contributed by atoms with E-state index >= 15 is 0 Å². The highest BCUT2D eigenvalue weighted by Gasteiger charge is 2.19. The van der Waals surface area contributed by atoms with Crippen LogP contribution in [0.25, 0.3) is 16.8 Å². The van der Waals surface area contributed by atoms with Crippen LogP contribution in [0, 0.1) is 6.92 Å². The Balaban J connectivity index is 2.68. The molecule has 10 heteroatoms. The van der Waals surface area contributed by atoms with Gasteiger partial charge in [0.05, 0.1) is 10.7 Å². The smallest absolute Gasteiger partial charge is 0.173 e. The fourth-order valence-corrected chi connectivity index (χ4v) is 4.74. The van der Waals surface area contributed by atoms with Crippen LogP contribution >= 0.6 is 11.6 Å². The molecule has 28 heavy (non-hydrogen) atoms. The summed E-state index contributed by atoms with van der Waals surface area (Å²) in [6.45, 7) is 6.14. The molecule has 0 unspecified atom stereocenters. The van der Waals surface area contributed by atoms with E-state index in [1.54, 1.807) is 42.0 Å². The van der Waals surface area contributed by atoms with Crippen LogP contribution in [0.4, 0.5) is 0 Å². The topological polar surface area (TPSA) is 59.9 Å². The van der Waals surface area contributed by atoms with Crippen LogP contribution in [0.1, 0.15) is 11.3 Å². The molecule has 2 heterocycles. The molecule has 0 saturated carbocycles. The maximum absolute atomic E-state index is 12.3. The molecule has 0 atom stereocenters. The third-order valence-electron chi connectivity index (χ3n) is 4.54. The molecule has 0 aliphatic carbocycles. The third kappa shape index (κ3) is 4.89. The number of allylic oxidation sites excluding steroid dienone is 3. The first-order chi connectivity index (χ1) is 12.9. The largest absolute Gasteiger partial charge is 0.261 e. The number of hydrogen-bond donors (Lipinski definition) is 0. The number of pyridine rings is 2. The fourth-order valence-electron chi connectivity index (χ4n) is 3.13. The van der Waals surface area contributed by atoms with E-state index in [0.717, 1.165) is 27.7 Å². The number of halogens is 1. The maximum Gasteiger partial charge on any atom is 0.173 e. The third-order valence-corrected chi connectivity index (χ3v) is 6.21. The number of aromatic nitrogens is 2. The zero-order chi connectivity index (χ0) is 21.2. The summed E-state index contributed by atoms with van der Waals surface area (Å²) < 4.78 is 24.6. The lowest BCUT2D eigenvalue weighted by Crippen LogP contribution is -2.11. The Morgan fingerprint density at radius 2 is 1.71 bits per heavy atom. The molecule has 2 aromatic rings. The molecule has 0 radical (unpaired) electrons. The summed E-state index contributed by atoms with van der Waals surface area (Å²) in [6.07, 6.45) is 4.56. The van der Waals surface area contributed by atoms with Crippen LogP contribution in [0.3, 0.4) is 0 Å². The van der Waals surface area contributed by atoms with Crippen molar-refractivity contribution in [3.05, 3.63) is 74.7 Å². The first kappa shape index (κ1) is 22.3. The molecule has 2 aromatic heterocycles. The van der Waals surface area contributed by atoms with E-state index in [4.69, 9.17) is 11.6 Å². The zero-order valence-corrected chi connectivity index (χ0v) is 18.7.